The number of hydrogen-bond acceptors (Lipinski definition) is 3. The molecule has 1 N–H and O–H groups in total. The number of benzene rings is 1. The quantitative estimate of drug-likeness (QED) is 0.642. The van der Waals surface area contributed by atoms with E-state index in [0.29, 0.717) is 15.8 Å². The molecule has 2 heterocycles. The van der Waals surface area contributed by atoms with Gasteiger partial charge in [0.1, 0.15) is 15.9 Å². The highest BCUT2D eigenvalue weighted by Crippen LogP contribution is 2.41. The van der Waals surface area contributed by atoms with Gasteiger partial charge in [-0.25, -0.2) is 14.4 Å². The number of aromatic nitrogens is 3. The van der Waals surface area contributed by atoms with E-state index in [1.165, 1.54) is 0 Å². The Morgan fingerprint density at radius 2 is 1.92 bits per heavy atom. The Morgan fingerprint density at radius 3 is 2.65 bits per heavy atom. The first-order chi connectivity index (χ1) is 12.5. The molecule has 4 rings (SSSR count). The molecule has 0 bridgehead atoms. The highest BCUT2D eigenvalue weighted by molar-refractivity contribution is 9.10. The summed E-state index contributed by atoms with van der Waals surface area (Å²) in [5.74, 6) is 0.283. The second kappa shape index (κ2) is 6.91. The first-order valence-electron chi connectivity index (χ1n) is 8.83. The molecule has 3 aromatic rings. The van der Waals surface area contributed by atoms with E-state index >= 15 is 0 Å². The van der Waals surface area contributed by atoms with Crippen molar-refractivity contribution in [3.05, 3.63) is 67.9 Å². The molecule has 0 aliphatic heterocycles. The number of halogens is 2. The van der Waals surface area contributed by atoms with Gasteiger partial charge >= 0.3 is 0 Å². The van der Waals surface area contributed by atoms with Crippen molar-refractivity contribution in [1.82, 2.24) is 15.0 Å². The minimum absolute atomic E-state index is 0.0976. The molecule has 1 aliphatic rings. The van der Waals surface area contributed by atoms with Gasteiger partial charge in [0.15, 0.2) is 5.65 Å². The van der Waals surface area contributed by atoms with Crippen molar-refractivity contribution >= 4 is 27.1 Å². The van der Waals surface area contributed by atoms with Crippen LogP contribution in [0, 0.1) is 12.7 Å². The molecule has 1 fully saturated rings. The molecule has 1 aliphatic carbocycles. The second-order valence-corrected chi connectivity index (χ2v) is 7.81. The largest absolute Gasteiger partial charge is 0.305 e. The topological polar surface area (TPSA) is 58.6 Å². The van der Waals surface area contributed by atoms with Gasteiger partial charge in [-0.1, -0.05) is 12.1 Å². The van der Waals surface area contributed by atoms with Crippen LogP contribution in [0.4, 0.5) is 4.39 Å². The van der Waals surface area contributed by atoms with Crippen LogP contribution < -0.4 is 5.56 Å². The fraction of sp³-hybridized carbons (Fsp3) is 0.350. The normalized spacial score (nSPS) is 20.4. The number of nitrogens with zero attached hydrogens (tertiary/aromatic N) is 2. The van der Waals surface area contributed by atoms with Gasteiger partial charge in [-0.3, -0.25) is 4.79 Å². The third-order valence-corrected chi connectivity index (χ3v) is 5.78. The molecule has 0 atom stereocenters. The summed E-state index contributed by atoms with van der Waals surface area (Å²) in [6.45, 7) is 1.97. The molecule has 0 saturated heterocycles. The number of H-pyrrole nitrogens is 1. The number of fused-ring (bicyclic) bond motifs is 1. The predicted molar refractivity (Wildman–Crippen MR) is 103 cm³/mol. The van der Waals surface area contributed by atoms with Crippen molar-refractivity contribution in [1.29, 1.82) is 0 Å². The van der Waals surface area contributed by atoms with Gasteiger partial charge in [0.25, 0.3) is 5.56 Å². The first-order valence-corrected chi connectivity index (χ1v) is 9.62. The van der Waals surface area contributed by atoms with E-state index in [-0.39, 0.29) is 23.2 Å². The van der Waals surface area contributed by atoms with E-state index in [1.54, 1.807) is 18.3 Å². The standard InChI is InChI=1S/C20H19BrFN3O/c1-11-3-2-4-15(22)18(11)13-7-5-12(6-8-13)14-9-16-19(25-20(14)26)23-10-17(21)24-16/h2-4,9-10,12-13H,5-8H2,1H3,(H,23,25,26). The Balaban J connectivity index is 1.59. The van der Waals surface area contributed by atoms with Gasteiger partial charge in [0, 0.05) is 5.56 Å². The summed E-state index contributed by atoms with van der Waals surface area (Å²) >= 11 is 3.32. The molecule has 134 valence electrons. The molecule has 4 nitrogen and oxygen atoms in total. The highest BCUT2D eigenvalue weighted by Gasteiger charge is 2.27. The summed E-state index contributed by atoms with van der Waals surface area (Å²) in [4.78, 5) is 23.9. The number of aromatic amines is 1. The monoisotopic (exact) mass is 415 g/mol. The van der Waals surface area contributed by atoms with Crippen LogP contribution in [0.2, 0.25) is 0 Å². The van der Waals surface area contributed by atoms with Crippen molar-refractivity contribution in [3.63, 3.8) is 0 Å². The summed E-state index contributed by atoms with van der Waals surface area (Å²) < 4.78 is 14.9. The van der Waals surface area contributed by atoms with E-state index in [9.17, 15) is 9.18 Å². The maximum absolute atomic E-state index is 14.3. The average molecular weight is 416 g/mol. The Kier molecular flexibility index (Phi) is 4.61. The Hall–Kier alpha value is -2.08. The van der Waals surface area contributed by atoms with Crippen LogP contribution in [0.1, 0.15) is 54.2 Å². The van der Waals surface area contributed by atoms with Crippen LogP contribution in [0.15, 0.2) is 39.9 Å². The highest BCUT2D eigenvalue weighted by atomic mass is 79.9. The van der Waals surface area contributed by atoms with Gasteiger partial charge < -0.3 is 4.98 Å². The van der Waals surface area contributed by atoms with Crippen molar-refractivity contribution in [2.24, 2.45) is 0 Å². The molecule has 0 amide bonds. The molecule has 0 radical (unpaired) electrons. The van der Waals surface area contributed by atoms with Gasteiger partial charge in [-0.15, -0.1) is 0 Å². The zero-order valence-corrected chi connectivity index (χ0v) is 16.0. The lowest BCUT2D eigenvalue weighted by Crippen LogP contribution is -2.21. The SMILES string of the molecule is Cc1cccc(F)c1C1CCC(c2cc3nc(Br)cnc3[nH]c2=O)CC1. The Morgan fingerprint density at radius 1 is 1.19 bits per heavy atom. The third-order valence-electron chi connectivity index (χ3n) is 5.40. The van der Waals surface area contributed by atoms with Gasteiger partial charge in [0.05, 0.1) is 6.20 Å². The molecule has 1 aromatic carbocycles. The lowest BCUT2D eigenvalue weighted by atomic mass is 9.75. The van der Waals surface area contributed by atoms with E-state index in [0.717, 1.165) is 42.4 Å². The number of nitrogens with one attached hydrogen (secondary N) is 1. The predicted octanol–water partition coefficient (Wildman–Crippen LogP) is 4.97. The van der Waals surface area contributed by atoms with E-state index in [4.69, 9.17) is 0 Å². The smallest absolute Gasteiger partial charge is 0.253 e. The fourth-order valence-electron chi connectivity index (χ4n) is 4.13. The Labute approximate surface area is 159 Å². The van der Waals surface area contributed by atoms with Gasteiger partial charge in [-0.2, -0.15) is 0 Å². The zero-order chi connectivity index (χ0) is 18.3. The van der Waals surface area contributed by atoms with Gasteiger partial charge in [0.2, 0.25) is 0 Å². The minimum atomic E-state index is -0.114. The van der Waals surface area contributed by atoms with Crippen LogP contribution in [-0.4, -0.2) is 15.0 Å². The summed E-state index contributed by atoms with van der Waals surface area (Å²) in [6.07, 6.45) is 5.07. The third kappa shape index (κ3) is 3.18. The molecular weight excluding hydrogens is 397 g/mol. The Bertz CT molecular complexity index is 1000. The average Bonchev–Trinajstić information content (AvgIpc) is 2.62. The minimum Gasteiger partial charge on any atom is -0.305 e. The summed E-state index contributed by atoms with van der Waals surface area (Å²) in [6, 6.07) is 7.12. The van der Waals surface area contributed by atoms with E-state index < -0.39 is 0 Å². The van der Waals surface area contributed by atoms with E-state index in [1.807, 2.05) is 19.1 Å². The molecule has 0 unspecified atom stereocenters. The van der Waals surface area contributed by atoms with Crippen LogP contribution in [0.25, 0.3) is 11.2 Å². The fourth-order valence-corrected chi connectivity index (χ4v) is 4.42. The lowest BCUT2D eigenvalue weighted by molar-refractivity contribution is 0.385. The maximum atomic E-state index is 14.3. The molecule has 1 saturated carbocycles. The molecule has 6 heteroatoms. The molecule has 26 heavy (non-hydrogen) atoms. The van der Waals surface area contributed by atoms with Crippen LogP contribution in [0.3, 0.4) is 0 Å². The van der Waals surface area contributed by atoms with Crippen LogP contribution in [-0.2, 0) is 0 Å². The zero-order valence-electron chi connectivity index (χ0n) is 14.4. The number of pyridine rings is 1. The van der Waals surface area contributed by atoms with Crippen molar-refractivity contribution in [2.45, 2.75) is 44.4 Å². The van der Waals surface area contributed by atoms with Crippen molar-refractivity contribution in [2.75, 3.05) is 0 Å². The maximum Gasteiger partial charge on any atom is 0.253 e. The summed E-state index contributed by atoms with van der Waals surface area (Å²) in [5.41, 5.74) is 3.69. The van der Waals surface area contributed by atoms with E-state index in [2.05, 4.69) is 30.9 Å². The van der Waals surface area contributed by atoms with Crippen LogP contribution >= 0.6 is 15.9 Å². The second-order valence-electron chi connectivity index (χ2n) is 7.00. The lowest BCUT2D eigenvalue weighted by Gasteiger charge is -2.29. The first kappa shape index (κ1) is 17.3. The molecular formula is C20H19BrFN3O. The summed E-state index contributed by atoms with van der Waals surface area (Å²) in [5, 5.41) is 0. The number of rotatable bonds is 2. The van der Waals surface area contributed by atoms with Gasteiger partial charge in [-0.05, 0) is 83.6 Å². The van der Waals surface area contributed by atoms with Crippen molar-refractivity contribution in [3.8, 4) is 0 Å². The summed E-state index contributed by atoms with van der Waals surface area (Å²) in [7, 11) is 0. The van der Waals surface area contributed by atoms with Crippen LogP contribution in [0.5, 0.6) is 0 Å². The number of hydrogen-bond donors (Lipinski definition) is 1. The molecule has 2 aromatic heterocycles. The van der Waals surface area contributed by atoms with Crippen molar-refractivity contribution < 1.29 is 4.39 Å². The number of aryl methyl sites for hydroxylation is 1. The molecule has 0 spiro atoms.